The molecule has 7 nitrogen and oxygen atoms in total. The summed E-state index contributed by atoms with van der Waals surface area (Å²) in [5.41, 5.74) is 0. The minimum absolute atomic E-state index is 0.333. The molecule has 0 aliphatic carbocycles. The fourth-order valence-corrected chi connectivity index (χ4v) is 2.01. The summed E-state index contributed by atoms with van der Waals surface area (Å²) in [5.74, 6) is 1.72. The second-order valence-electron chi connectivity index (χ2n) is 4.15. The van der Waals surface area contributed by atoms with Crippen LogP contribution in [0.1, 0.15) is 6.92 Å². The third kappa shape index (κ3) is 2.32. The Kier molecular flexibility index (Phi) is 3.83. The average molecular weight is 254 g/mol. The molecule has 1 saturated heterocycles. The van der Waals surface area contributed by atoms with E-state index in [0.29, 0.717) is 30.5 Å². The zero-order valence-electron chi connectivity index (χ0n) is 10.5. The Labute approximate surface area is 105 Å². The molecule has 2 heterocycles. The van der Waals surface area contributed by atoms with Crippen LogP contribution in [0, 0.1) is 0 Å². The average Bonchev–Trinajstić information content (AvgIpc) is 2.69. The number of rotatable bonds is 4. The van der Waals surface area contributed by atoms with E-state index in [1.54, 1.807) is 12.0 Å². The third-order valence-electron chi connectivity index (χ3n) is 2.89. The first kappa shape index (κ1) is 12.8. The van der Waals surface area contributed by atoms with Crippen molar-refractivity contribution in [1.29, 1.82) is 0 Å². The molecule has 1 aliphatic heterocycles. The van der Waals surface area contributed by atoms with E-state index in [1.807, 2.05) is 6.92 Å². The van der Waals surface area contributed by atoms with Gasteiger partial charge in [0.25, 0.3) is 0 Å². The number of aromatic nitrogens is 2. The lowest BCUT2D eigenvalue weighted by Crippen LogP contribution is -2.23. The molecule has 0 aromatic carbocycles. The highest BCUT2D eigenvalue weighted by molar-refractivity contribution is 5.65. The number of hydrogen-bond donors (Lipinski definition) is 3. The van der Waals surface area contributed by atoms with E-state index in [-0.39, 0.29) is 0 Å². The second kappa shape index (κ2) is 5.36. The molecule has 2 rings (SSSR count). The number of ether oxygens (including phenoxy) is 1. The van der Waals surface area contributed by atoms with Crippen molar-refractivity contribution in [3.05, 3.63) is 6.33 Å². The standard InChI is InChI=1S/C11H18N4O3/c1-3-12-10-9(18-2)11(14-6-13-10)15-4-7(16)8(17)5-15/h6-8,16-17H,3-5H2,1-2H3,(H,12,13,14). The Morgan fingerprint density at radius 3 is 2.61 bits per heavy atom. The fourth-order valence-electron chi connectivity index (χ4n) is 2.01. The van der Waals surface area contributed by atoms with Crippen molar-refractivity contribution in [3.8, 4) is 5.75 Å². The van der Waals surface area contributed by atoms with Gasteiger partial charge in [-0.3, -0.25) is 0 Å². The van der Waals surface area contributed by atoms with Crippen molar-refractivity contribution in [1.82, 2.24) is 9.97 Å². The van der Waals surface area contributed by atoms with E-state index in [1.165, 1.54) is 6.33 Å². The van der Waals surface area contributed by atoms with Gasteiger partial charge in [-0.1, -0.05) is 0 Å². The molecule has 0 bridgehead atoms. The zero-order valence-corrected chi connectivity index (χ0v) is 10.5. The maximum Gasteiger partial charge on any atom is 0.204 e. The molecule has 0 saturated carbocycles. The Balaban J connectivity index is 2.30. The molecule has 2 unspecified atom stereocenters. The van der Waals surface area contributed by atoms with Crippen LogP contribution in [0.3, 0.4) is 0 Å². The van der Waals surface area contributed by atoms with Gasteiger partial charge in [0.2, 0.25) is 5.75 Å². The van der Waals surface area contributed by atoms with Crippen LogP contribution in [0.2, 0.25) is 0 Å². The van der Waals surface area contributed by atoms with Gasteiger partial charge in [0.1, 0.15) is 6.33 Å². The highest BCUT2D eigenvalue weighted by Gasteiger charge is 2.32. The lowest BCUT2D eigenvalue weighted by molar-refractivity contribution is 0.0572. The summed E-state index contributed by atoms with van der Waals surface area (Å²) in [7, 11) is 1.55. The van der Waals surface area contributed by atoms with Crippen LogP contribution in [0.15, 0.2) is 6.33 Å². The summed E-state index contributed by atoms with van der Waals surface area (Å²) in [6, 6.07) is 0. The molecule has 100 valence electrons. The highest BCUT2D eigenvalue weighted by atomic mass is 16.5. The monoisotopic (exact) mass is 254 g/mol. The number of methoxy groups -OCH3 is 1. The minimum atomic E-state index is -0.757. The quantitative estimate of drug-likeness (QED) is 0.664. The lowest BCUT2D eigenvalue weighted by Gasteiger charge is -2.20. The van der Waals surface area contributed by atoms with Gasteiger partial charge in [0.15, 0.2) is 11.6 Å². The molecule has 0 spiro atoms. The lowest BCUT2D eigenvalue weighted by atomic mass is 10.3. The number of aliphatic hydroxyl groups is 2. The van der Waals surface area contributed by atoms with E-state index in [4.69, 9.17) is 4.74 Å². The highest BCUT2D eigenvalue weighted by Crippen LogP contribution is 2.33. The number of anilines is 2. The molecule has 1 aromatic rings. The van der Waals surface area contributed by atoms with Crippen LogP contribution in [-0.2, 0) is 0 Å². The van der Waals surface area contributed by atoms with Gasteiger partial charge < -0.3 is 25.2 Å². The summed E-state index contributed by atoms with van der Waals surface area (Å²) < 4.78 is 5.32. The van der Waals surface area contributed by atoms with E-state index in [2.05, 4.69) is 15.3 Å². The van der Waals surface area contributed by atoms with Gasteiger partial charge in [-0.15, -0.1) is 0 Å². The summed E-state index contributed by atoms with van der Waals surface area (Å²) in [6.07, 6.45) is -0.0769. The van der Waals surface area contributed by atoms with Gasteiger partial charge in [0, 0.05) is 19.6 Å². The molecule has 1 aliphatic rings. The van der Waals surface area contributed by atoms with Crippen LogP contribution < -0.4 is 15.0 Å². The Morgan fingerprint density at radius 1 is 1.39 bits per heavy atom. The van der Waals surface area contributed by atoms with Crippen molar-refractivity contribution in [3.63, 3.8) is 0 Å². The Hall–Kier alpha value is -1.60. The predicted octanol–water partition coefficient (Wildman–Crippen LogP) is -0.541. The van der Waals surface area contributed by atoms with Gasteiger partial charge >= 0.3 is 0 Å². The van der Waals surface area contributed by atoms with Gasteiger partial charge in [-0.2, -0.15) is 0 Å². The van der Waals surface area contributed by atoms with Crippen LogP contribution in [-0.4, -0.2) is 59.1 Å². The maximum atomic E-state index is 9.57. The van der Waals surface area contributed by atoms with Gasteiger partial charge in [0.05, 0.1) is 19.3 Å². The number of aliphatic hydroxyl groups excluding tert-OH is 2. The van der Waals surface area contributed by atoms with E-state index < -0.39 is 12.2 Å². The summed E-state index contributed by atoms with van der Waals surface area (Å²) >= 11 is 0. The van der Waals surface area contributed by atoms with Crippen molar-refractivity contribution >= 4 is 11.6 Å². The van der Waals surface area contributed by atoms with E-state index in [9.17, 15) is 10.2 Å². The fraction of sp³-hybridized carbons (Fsp3) is 0.636. The van der Waals surface area contributed by atoms with E-state index in [0.717, 1.165) is 6.54 Å². The maximum absolute atomic E-state index is 9.57. The predicted molar refractivity (Wildman–Crippen MR) is 67.0 cm³/mol. The van der Waals surface area contributed by atoms with Crippen LogP contribution in [0.4, 0.5) is 11.6 Å². The number of β-amino-alcohol motifs (C(OH)–C–C–N with tert-alkyl or cyclic N) is 2. The summed E-state index contributed by atoms with van der Waals surface area (Å²) in [4.78, 5) is 10.1. The summed E-state index contributed by atoms with van der Waals surface area (Å²) in [5, 5.41) is 22.2. The first-order chi connectivity index (χ1) is 8.67. The van der Waals surface area contributed by atoms with Crippen LogP contribution in [0.5, 0.6) is 5.75 Å². The van der Waals surface area contributed by atoms with Crippen LogP contribution in [0.25, 0.3) is 0 Å². The first-order valence-corrected chi connectivity index (χ1v) is 5.91. The third-order valence-corrected chi connectivity index (χ3v) is 2.89. The molecule has 3 N–H and O–H groups in total. The SMILES string of the molecule is CCNc1ncnc(N2CC(O)C(O)C2)c1OC. The topological polar surface area (TPSA) is 90.7 Å². The molecule has 1 aromatic heterocycles. The molecular formula is C11H18N4O3. The van der Waals surface area contributed by atoms with Crippen molar-refractivity contribution in [2.75, 3.05) is 37.0 Å². The number of nitrogens with one attached hydrogen (secondary N) is 1. The normalized spacial score (nSPS) is 23.2. The smallest absolute Gasteiger partial charge is 0.204 e. The van der Waals surface area contributed by atoms with Gasteiger partial charge in [-0.25, -0.2) is 9.97 Å². The second-order valence-corrected chi connectivity index (χ2v) is 4.15. The van der Waals surface area contributed by atoms with Gasteiger partial charge in [-0.05, 0) is 6.92 Å². The molecular weight excluding hydrogens is 236 g/mol. The van der Waals surface area contributed by atoms with Crippen LogP contribution >= 0.6 is 0 Å². The summed E-state index contributed by atoms with van der Waals surface area (Å²) in [6.45, 7) is 3.35. The molecule has 0 amide bonds. The van der Waals surface area contributed by atoms with Crippen molar-refractivity contribution in [2.45, 2.75) is 19.1 Å². The number of nitrogens with zero attached hydrogens (tertiary/aromatic N) is 3. The number of hydrogen-bond acceptors (Lipinski definition) is 7. The molecule has 2 atom stereocenters. The molecule has 18 heavy (non-hydrogen) atoms. The van der Waals surface area contributed by atoms with E-state index >= 15 is 0 Å². The van der Waals surface area contributed by atoms with Crippen molar-refractivity contribution < 1.29 is 14.9 Å². The minimum Gasteiger partial charge on any atom is -0.490 e. The molecule has 0 radical (unpaired) electrons. The largest absolute Gasteiger partial charge is 0.490 e. The zero-order chi connectivity index (χ0) is 13.1. The first-order valence-electron chi connectivity index (χ1n) is 5.91. The van der Waals surface area contributed by atoms with Crippen molar-refractivity contribution in [2.24, 2.45) is 0 Å². The molecule has 7 heteroatoms. The molecule has 1 fully saturated rings. The Morgan fingerprint density at radius 2 is 2.06 bits per heavy atom. The Bertz CT molecular complexity index is 405.